The van der Waals surface area contributed by atoms with Crippen LogP contribution in [0.4, 0.5) is 0 Å². The first-order valence-corrected chi connectivity index (χ1v) is 10.7. The first-order valence-electron chi connectivity index (χ1n) is 9.06. The molecule has 2 aromatic carbocycles. The van der Waals surface area contributed by atoms with Gasteiger partial charge in [0.15, 0.2) is 0 Å². The Labute approximate surface area is 178 Å². The summed E-state index contributed by atoms with van der Waals surface area (Å²) in [6.07, 6.45) is 0. The van der Waals surface area contributed by atoms with E-state index in [4.69, 9.17) is 28.2 Å². The van der Waals surface area contributed by atoms with Crippen molar-refractivity contribution in [2.24, 2.45) is 0 Å². The summed E-state index contributed by atoms with van der Waals surface area (Å²) in [7, 11) is 0. The minimum absolute atomic E-state index is 0.0623. The fraction of sp³-hybridized carbons (Fsp3) is 0.238. The molecule has 4 nitrogen and oxygen atoms in total. The first-order chi connectivity index (χ1) is 13.6. The Bertz CT molecular complexity index is 969. The second kappa shape index (κ2) is 8.62. The number of piperazine rings is 1. The molecule has 0 aliphatic carbocycles. The molecule has 0 radical (unpaired) electrons. The van der Waals surface area contributed by atoms with Gasteiger partial charge in [-0.3, -0.25) is 9.69 Å². The summed E-state index contributed by atoms with van der Waals surface area (Å²) < 4.78 is 0. The highest BCUT2D eigenvalue weighted by molar-refractivity contribution is 7.09. The topological polar surface area (TPSA) is 36.4 Å². The van der Waals surface area contributed by atoms with Crippen LogP contribution in [0.5, 0.6) is 0 Å². The summed E-state index contributed by atoms with van der Waals surface area (Å²) in [6, 6.07) is 15.2. The zero-order chi connectivity index (χ0) is 19.5. The third kappa shape index (κ3) is 4.39. The second-order valence-electron chi connectivity index (χ2n) is 6.69. The van der Waals surface area contributed by atoms with Gasteiger partial charge in [-0.15, -0.1) is 11.3 Å². The normalized spacial score (nSPS) is 15.0. The van der Waals surface area contributed by atoms with Gasteiger partial charge in [0.05, 0.1) is 22.8 Å². The van der Waals surface area contributed by atoms with Gasteiger partial charge in [-0.05, 0) is 18.2 Å². The molecule has 1 aliphatic heterocycles. The molecule has 0 unspecified atom stereocenters. The van der Waals surface area contributed by atoms with Crippen molar-refractivity contribution >= 4 is 40.4 Å². The summed E-state index contributed by atoms with van der Waals surface area (Å²) in [5.41, 5.74) is 2.62. The van der Waals surface area contributed by atoms with Crippen molar-refractivity contribution in [1.29, 1.82) is 0 Å². The maximum absolute atomic E-state index is 12.8. The maximum Gasteiger partial charge on any atom is 0.255 e. The Hall–Kier alpha value is -1.92. The monoisotopic (exact) mass is 431 g/mol. The number of carbonyl (C=O) groups excluding carboxylic acids is 1. The Morgan fingerprint density at radius 3 is 2.54 bits per heavy atom. The molecule has 144 valence electrons. The van der Waals surface area contributed by atoms with E-state index in [-0.39, 0.29) is 5.91 Å². The van der Waals surface area contributed by atoms with Crippen LogP contribution in [0.25, 0.3) is 11.3 Å². The number of aromatic nitrogens is 1. The van der Waals surface area contributed by atoms with Crippen molar-refractivity contribution < 1.29 is 4.79 Å². The van der Waals surface area contributed by atoms with Crippen molar-refractivity contribution in [2.75, 3.05) is 26.2 Å². The molecular weight excluding hydrogens is 413 g/mol. The van der Waals surface area contributed by atoms with Gasteiger partial charge in [0.2, 0.25) is 0 Å². The average Bonchev–Trinajstić information content (AvgIpc) is 3.19. The summed E-state index contributed by atoms with van der Waals surface area (Å²) in [5, 5.41) is 4.15. The van der Waals surface area contributed by atoms with Crippen LogP contribution in [-0.2, 0) is 6.54 Å². The van der Waals surface area contributed by atoms with Crippen LogP contribution in [0.2, 0.25) is 10.0 Å². The van der Waals surface area contributed by atoms with Crippen LogP contribution in [-0.4, -0.2) is 46.9 Å². The van der Waals surface area contributed by atoms with Gasteiger partial charge in [-0.2, -0.15) is 0 Å². The lowest BCUT2D eigenvalue weighted by Crippen LogP contribution is -2.48. The fourth-order valence-electron chi connectivity index (χ4n) is 3.26. The van der Waals surface area contributed by atoms with Crippen molar-refractivity contribution in [3.05, 3.63) is 74.5 Å². The SMILES string of the molecule is O=C(c1cc(Cl)ccc1Cl)N1CCN(Cc2nc(-c3ccccc3)cs2)CC1. The van der Waals surface area contributed by atoms with Gasteiger partial charge in [-0.25, -0.2) is 4.98 Å². The van der Waals surface area contributed by atoms with Crippen LogP contribution >= 0.6 is 34.5 Å². The Morgan fingerprint density at radius 1 is 1.04 bits per heavy atom. The second-order valence-corrected chi connectivity index (χ2v) is 8.47. The minimum Gasteiger partial charge on any atom is -0.336 e. The third-order valence-electron chi connectivity index (χ3n) is 4.80. The molecule has 3 aromatic rings. The van der Waals surface area contributed by atoms with Crippen LogP contribution in [0.15, 0.2) is 53.9 Å². The molecule has 0 N–H and O–H groups in total. The van der Waals surface area contributed by atoms with E-state index in [0.717, 1.165) is 35.9 Å². The molecule has 28 heavy (non-hydrogen) atoms. The van der Waals surface area contributed by atoms with Crippen molar-refractivity contribution in [1.82, 2.24) is 14.8 Å². The first kappa shape index (κ1) is 19.4. The molecule has 0 bridgehead atoms. The lowest BCUT2D eigenvalue weighted by molar-refractivity contribution is 0.0628. The van der Waals surface area contributed by atoms with E-state index in [1.807, 2.05) is 23.1 Å². The average molecular weight is 432 g/mol. The van der Waals surface area contributed by atoms with Gasteiger partial charge in [0.25, 0.3) is 5.91 Å². The van der Waals surface area contributed by atoms with Gasteiger partial charge >= 0.3 is 0 Å². The molecule has 1 saturated heterocycles. The number of amides is 1. The fourth-order valence-corrected chi connectivity index (χ4v) is 4.47. The van der Waals surface area contributed by atoms with E-state index in [2.05, 4.69) is 22.4 Å². The third-order valence-corrected chi connectivity index (χ3v) is 6.20. The van der Waals surface area contributed by atoms with E-state index >= 15 is 0 Å². The molecule has 1 amide bonds. The summed E-state index contributed by atoms with van der Waals surface area (Å²) in [5.74, 6) is -0.0623. The lowest BCUT2D eigenvalue weighted by atomic mass is 10.1. The number of benzene rings is 2. The van der Waals surface area contributed by atoms with E-state index in [9.17, 15) is 4.79 Å². The van der Waals surface area contributed by atoms with Crippen LogP contribution in [0.1, 0.15) is 15.4 Å². The van der Waals surface area contributed by atoms with E-state index in [1.54, 1.807) is 29.5 Å². The summed E-state index contributed by atoms with van der Waals surface area (Å²) in [4.78, 5) is 21.7. The van der Waals surface area contributed by atoms with E-state index in [1.165, 1.54) is 0 Å². The molecule has 1 aliphatic rings. The lowest BCUT2D eigenvalue weighted by Gasteiger charge is -2.34. The minimum atomic E-state index is -0.0623. The number of hydrogen-bond donors (Lipinski definition) is 0. The highest BCUT2D eigenvalue weighted by Gasteiger charge is 2.24. The Morgan fingerprint density at radius 2 is 1.79 bits per heavy atom. The van der Waals surface area contributed by atoms with E-state index in [0.29, 0.717) is 28.7 Å². The highest BCUT2D eigenvalue weighted by Crippen LogP contribution is 2.24. The van der Waals surface area contributed by atoms with Crippen LogP contribution < -0.4 is 0 Å². The zero-order valence-corrected chi connectivity index (χ0v) is 17.5. The number of carbonyl (C=O) groups is 1. The molecule has 0 atom stereocenters. The number of rotatable bonds is 4. The largest absolute Gasteiger partial charge is 0.336 e. The van der Waals surface area contributed by atoms with Gasteiger partial charge in [0.1, 0.15) is 5.01 Å². The summed E-state index contributed by atoms with van der Waals surface area (Å²) >= 11 is 13.9. The molecule has 0 spiro atoms. The predicted molar refractivity (Wildman–Crippen MR) is 115 cm³/mol. The number of nitrogens with zero attached hydrogens (tertiary/aromatic N) is 3. The zero-order valence-electron chi connectivity index (χ0n) is 15.1. The Kier molecular flexibility index (Phi) is 5.97. The van der Waals surface area contributed by atoms with Gasteiger partial charge in [0, 0.05) is 42.1 Å². The highest BCUT2D eigenvalue weighted by atomic mass is 35.5. The smallest absolute Gasteiger partial charge is 0.255 e. The van der Waals surface area contributed by atoms with Gasteiger partial charge in [-0.1, -0.05) is 53.5 Å². The van der Waals surface area contributed by atoms with Gasteiger partial charge < -0.3 is 4.90 Å². The number of halogens is 2. The van der Waals surface area contributed by atoms with Crippen LogP contribution in [0, 0.1) is 0 Å². The van der Waals surface area contributed by atoms with E-state index < -0.39 is 0 Å². The standard InChI is InChI=1S/C21H19Cl2N3OS/c22-16-6-7-18(23)17(12-16)21(27)26-10-8-25(9-11-26)13-20-24-19(14-28-20)15-4-2-1-3-5-15/h1-7,12,14H,8-11,13H2. The number of thiazole rings is 1. The molecule has 7 heteroatoms. The molecule has 4 rings (SSSR count). The molecule has 1 fully saturated rings. The van der Waals surface area contributed by atoms with Crippen molar-refractivity contribution in [2.45, 2.75) is 6.54 Å². The molecule has 1 aromatic heterocycles. The molecular formula is C21H19Cl2N3OS. The molecule has 2 heterocycles. The van der Waals surface area contributed by atoms with Crippen LogP contribution in [0.3, 0.4) is 0 Å². The Balaban J connectivity index is 1.35. The van der Waals surface area contributed by atoms with Crippen molar-refractivity contribution in [3.8, 4) is 11.3 Å². The summed E-state index contributed by atoms with van der Waals surface area (Å²) in [6.45, 7) is 3.75. The maximum atomic E-state index is 12.8. The van der Waals surface area contributed by atoms with Crippen molar-refractivity contribution in [3.63, 3.8) is 0 Å². The molecule has 0 saturated carbocycles. The quantitative estimate of drug-likeness (QED) is 0.577. The number of hydrogen-bond acceptors (Lipinski definition) is 4. The predicted octanol–water partition coefficient (Wildman–Crippen LogP) is 5.07.